The lowest BCUT2D eigenvalue weighted by molar-refractivity contribution is -0.119. The van der Waals surface area contributed by atoms with Crippen molar-refractivity contribution in [1.29, 1.82) is 0 Å². The largest absolute Gasteiger partial charge is 0.445 e. The molecule has 2 aromatic rings. The molecule has 0 aliphatic carbocycles. The Labute approximate surface area is 141 Å². The monoisotopic (exact) mass is 324 g/mol. The predicted octanol–water partition coefficient (Wildman–Crippen LogP) is 2.85. The molecule has 5 nitrogen and oxygen atoms in total. The van der Waals surface area contributed by atoms with Gasteiger partial charge in [0.2, 0.25) is 5.91 Å². The van der Waals surface area contributed by atoms with E-state index in [2.05, 4.69) is 10.6 Å². The zero-order valence-corrected chi connectivity index (χ0v) is 13.5. The van der Waals surface area contributed by atoms with Gasteiger partial charge in [-0.1, -0.05) is 54.6 Å². The van der Waals surface area contributed by atoms with Crippen molar-refractivity contribution in [2.45, 2.75) is 32.0 Å². The van der Waals surface area contributed by atoms with E-state index in [-0.39, 0.29) is 31.0 Å². The molecule has 124 valence electrons. The van der Waals surface area contributed by atoms with Crippen LogP contribution >= 0.6 is 0 Å². The maximum Gasteiger partial charge on any atom is 0.407 e. The fourth-order valence-corrected chi connectivity index (χ4v) is 2.93. The Hall–Kier alpha value is -2.82. The topological polar surface area (TPSA) is 67.4 Å². The van der Waals surface area contributed by atoms with Crippen LogP contribution in [-0.4, -0.2) is 18.0 Å². The van der Waals surface area contributed by atoms with Gasteiger partial charge >= 0.3 is 6.09 Å². The van der Waals surface area contributed by atoms with Gasteiger partial charge in [-0.25, -0.2) is 4.79 Å². The third kappa shape index (κ3) is 3.74. The SMILES string of the molecule is Cc1ccccc1[C@@H]1NC(=O)C[C@H]1NC(=O)OCc1ccccc1. The Morgan fingerprint density at radius 2 is 1.88 bits per heavy atom. The lowest BCUT2D eigenvalue weighted by atomic mass is 9.97. The minimum absolute atomic E-state index is 0.0726. The minimum atomic E-state index is -0.515. The second-order valence-electron chi connectivity index (χ2n) is 5.92. The van der Waals surface area contributed by atoms with Gasteiger partial charge in [0.25, 0.3) is 0 Å². The summed E-state index contributed by atoms with van der Waals surface area (Å²) < 4.78 is 5.25. The third-order valence-corrected chi connectivity index (χ3v) is 4.16. The van der Waals surface area contributed by atoms with Gasteiger partial charge in [0, 0.05) is 6.42 Å². The second-order valence-corrected chi connectivity index (χ2v) is 5.92. The van der Waals surface area contributed by atoms with Gasteiger partial charge in [-0.2, -0.15) is 0 Å². The van der Waals surface area contributed by atoms with Crippen molar-refractivity contribution in [2.75, 3.05) is 0 Å². The van der Waals surface area contributed by atoms with Crippen LogP contribution in [0, 0.1) is 6.92 Å². The van der Waals surface area contributed by atoms with Crippen LogP contribution in [0.15, 0.2) is 54.6 Å². The van der Waals surface area contributed by atoms with Crippen molar-refractivity contribution in [3.05, 3.63) is 71.3 Å². The van der Waals surface area contributed by atoms with E-state index in [9.17, 15) is 9.59 Å². The molecule has 0 unspecified atom stereocenters. The van der Waals surface area contributed by atoms with E-state index in [1.54, 1.807) is 0 Å². The Balaban J connectivity index is 1.63. The highest BCUT2D eigenvalue weighted by Gasteiger charge is 2.35. The zero-order chi connectivity index (χ0) is 16.9. The van der Waals surface area contributed by atoms with Crippen molar-refractivity contribution in [3.63, 3.8) is 0 Å². The number of hydrogen-bond acceptors (Lipinski definition) is 3. The third-order valence-electron chi connectivity index (χ3n) is 4.16. The molecule has 1 saturated heterocycles. The van der Waals surface area contributed by atoms with Crippen LogP contribution < -0.4 is 10.6 Å². The van der Waals surface area contributed by atoms with Crippen molar-refractivity contribution in [3.8, 4) is 0 Å². The first-order valence-electron chi connectivity index (χ1n) is 7.95. The first kappa shape index (κ1) is 16.1. The molecule has 1 aliphatic heterocycles. The Morgan fingerprint density at radius 3 is 2.62 bits per heavy atom. The van der Waals surface area contributed by atoms with Gasteiger partial charge in [-0.3, -0.25) is 4.79 Å². The summed E-state index contributed by atoms with van der Waals surface area (Å²) >= 11 is 0. The molecule has 24 heavy (non-hydrogen) atoms. The maximum atomic E-state index is 12.1. The lowest BCUT2D eigenvalue weighted by Gasteiger charge is -2.21. The van der Waals surface area contributed by atoms with E-state index < -0.39 is 6.09 Å². The molecule has 0 saturated carbocycles. The first-order chi connectivity index (χ1) is 11.6. The highest BCUT2D eigenvalue weighted by Crippen LogP contribution is 2.27. The molecule has 0 spiro atoms. The number of carbonyl (C=O) groups is 2. The van der Waals surface area contributed by atoms with Gasteiger partial charge in [-0.05, 0) is 23.6 Å². The minimum Gasteiger partial charge on any atom is -0.445 e. The molecule has 0 bridgehead atoms. The molecule has 5 heteroatoms. The van der Waals surface area contributed by atoms with E-state index in [0.29, 0.717) is 0 Å². The summed E-state index contributed by atoms with van der Waals surface area (Å²) in [5.74, 6) is -0.0726. The molecule has 2 atom stereocenters. The standard InChI is InChI=1S/C19H20N2O3/c1-13-7-5-6-10-15(13)18-16(11-17(22)21-18)20-19(23)24-12-14-8-3-2-4-9-14/h2-10,16,18H,11-12H2,1H3,(H,20,23)(H,21,22)/t16-,18+/m1/s1. The highest BCUT2D eigenvalue weighted by molar-refractivity contribution is 5.81. The fourth-order valence-electron chi connectivity index (χ4n) is 2.93. The molecule has 2 N–H and O–H groups in total. The quantitative estimate of drug-likeness (QED) is 0.909. The van der Waals surface area contributed by atoms with E-state index in [1.807, 2.05) is 61.5 Å². The van der Waals surface area contributed by atoms with Crippen LogP contribution in [0.3, 0.4) is 0 Å². The zero-order valence-electron chi connectivity index (χ0n) is 13.5. The van der Waals surface area contributed by atoms with Crippen LogP contribution in [0.5, 0.6) is 0 Å². The summed E-state index contributed by atoms with van der Waals surface area (Å²) in [4.78, 5) is 23.9. The van der Waals surface area contributed by atoms with Crippen molar-refractivity contribution < 1.29 is 14.3 Å². The molecule has 2 amide bonds. The van der Waals surface area contributed by atoms with Crippen LogP contribution in [0.25, 0.3) is 0 Å². The molecule has 3 rings (SSSR count). The maximum absolute atomic E-state index is 12.1. The number of rotatable bonds is 4. The van der Waals surface area contributed by atoms with E-state index >= 15 is 0 Å². The van der Waals surface area contributed by atoms with Crippen LogP contribution in [0.1, 0.15) is 29.2 Å². The summed E-state index contributed by atoms with van der Waals surface area (Å²) in [6, 6.07) is 16.8. The summed E-state index contributed by atoms with van der Waals surface area (Å²) in [7, 11) is 0. The number of amides is 2. The number of hydrogen-bond donors (Lipinski definition) is 2. The summed E-state index contributed by atoms with van der Waals surface area (Å²) in [5, 5.41) is 5.74. The van der Waals surface area contributed by atoms with Gasteiger partial charge in [0.1, 0.15) is 6.61 Å². The molecular weight excluding hydrogens is 304 g/mol. The van der Waals surface area contributed by atoms with Crippen molar-refractivity contribution in [1.82, 2.24) is 10.6 Å². The summed E-state index contributed by atoms with van der Waals surface area (Å²) in [5.41, 5.74) is 3.01. The molecule has 0 radical (unpaired) electrons. The van der Waals surface area contributed by atoms with Crippen LogP contribution in [-0.2, 0) is 16.1 Å². The Bertz CT molecular complexity index is 730. The van der Waals surface area contributed by atoms with Crippen LogP contribution in [0.2, 0.25) is 0 Å². The normalized spacial score (nSPS) is 19.6. The Kier molecular flexibility index (Phi) is 4.79. The van der Waals surface area contributed by atoms with Gasteiger partial charge in [-0.15, -0.1) is 0 Å². The number of carbonyl (C=O) groups excluding carboxylic acids is 2. The Morgan fingerprint density at radius 1 is 1.17 bits per heavy atom. The average Bonchev–Trinajstić information content (AvgIpc) is 2.94. The van der Waals surface area contributed by atoms with Crippen molar-refractivity contribution >= 4 is 12.0 Å². The number of benzene rings is 2. The average molecular weight is 324 g/mol. The predicted molar refractivity (Wildman–Crippen MR) is 90.2 cm³/mol. The lowest BCUT2D eigenvalue weighted by Crippen LogP contribution is -2.39. The smallest absolute Gasteiger partial charge is 0.407 e. The number of alkyl carbamates (subject to hydrolysis) is 1. The van der Waals surface area contributed by atoms with Gasteiger partial charge in [0.15, 0.2) is 0 Å². The second kappa shape index (κ2) is 7.17. The number of nitrogens with one attached hydrogen (secondary N) is 2. The molecule has 1 heterocycles. The van der Waals surface area contributed by atoms with Crippen molar-refractivity contribution in [2.24, 2.45) is 0 Å². The van der Waals surface area contributed by atoms with Crippen LogP contribution in [0.4, 0.5) is 4.79 Å². The fraction of sp³-hybridized carbons (Fsp3) is 0.263. The molecule has 2 aromatic carbocycles. The molecule has 0 aromatic heterocycles. The highest BCUT2D eigenvalue weighted by atomic mass is 16.5. The summed E-state index contributed by atoms with van der Waals surface area (Å²) in [6.07, 6.45) is -0.265. The van der Waals surface area contributed by atoms with E-state index in [4.69, 9.17) is 4.74 Å². The summed E-state index contributed by atoms with van der Waals surface area (Å²) in [6.45, 7) is 2.19. The first-order valence-corrected chi connectivity index (χ1v) is 7.95. The number of ether oxygens (including phenoxy) is 1. The number of aryl methyl sites for hydroxylation is 1. The van der Waals surface area contributed by atoms with E-state index in [0.717, 1.165) is 16.7 Å². The van der Waals surface area contributed by atoms with Gasteiger partial charge in [0.05, 0.1) is 12.1 Å². The molecular formula is C19H20N2O3. The van der Waals surface area contributed by atoms with E-state index in [1.165, 1.54) is 0 Å². The van der Waals surface area contributed by atoms with Gasteiger partial charge < -0.3 is 15.4 Å². The molecule has 1 fully saturated rings. The molecule has 1 aliphatic rings.